The number of aromatic nitrogens is 2. The molecule has 0 radical (unpaired) electrons. The SMILES string of the molecule is COc1c2c(cc3c1C(c1c([O-])n(-c4ccccc4)c(=O)n(-c4ccccc4)c1=O)[NH+](C)CC3)OCO2. The van der Waals surface area contributed by atoms with E-state index in [1.54, 1.807) is 60.7 Å². The number of nitrogens with zero attached hydrogens (tertiary/aromatic N) is 2. The van der Waals surface area contributed by atoms with Gasteiger partial charge < -0.3 is 24.2 Å². The van der Waals surface area contributed by atoms with Gasteiger partial charge in [-0.1, -0.05) is 36.4 Å². The van der Waals surface area contributed by atoms with Crippen LogP contribution in [0.2, 0.25) is 0 Å². The van der Waals surface area contributed by atoms with Crippen molar-refractivity contribution in [3.8, 4) is 34.5 Å². The maximum absolute atomic E-state index is 14.1. The smallest absolute Gasteiger partial charge is 0.339 e. The largest absolute Gasteiger partial charge is 0.859 e. The van der Waals surface area contributed by atoms with E-state index < -0.39 is 23.2 Å². The first-order chi connectivity index (χ1) is 18.0. The monoisotopic (exact) mass is 499 g/mol. The van der Waals surface area contributed by atoms with E-state index in [0.717, 1.165) is 19.6 Å². The van der Waals surface area contributed by atoms with Gasteiger partial charge in [0.25, 0.3) is 5.56 Å². The fourth-order valence-corrected chi connectivity index (χ4v) is 5.38. The summed E-state index contributed by atoms with van der Waals surface area (Å²) in [5, 5.41) is 14.1. The van der Waals surface area contributed by atoms with Crippen molar-refractivity contribution in [3.63, 3.8) is 0 Å². The van der Waals surface area contributed by atoms with Crippen LogP contribution in [-0.4, -0.2) is 36.6 Å². The zero-order valence-electron chi connectivity index (χ0n) is 20.4. The van der Waals surface area contributed by atoms with E-state index in [9.17, 15) is 14.7 Å². The predicted octanol–water partition coefficient (Wildman–Crippen LogP) is 0.959. The van der Waals surface area contributed by atoms with Crippen molar-refractivity contribution in [2.45, 2.75) is 12.5 Å². The van der Waals surface area contributed by atoms with E-state index in [0.29, 0.717) is 47.2 Å². The second kappa shape index (κ2) is 8.86. The molecule has 6 rings (SSSR count). The van der Waals surface area contributed by atoms with Gasteiger partial charge in [-0.2, -0.15) is 0 Å². The lowest BCUT2D eigenvalue weighted by Gasteiger charge is -2.35. The van der Waals surface area contributed by atoms with Crippen LogP contribution in [0.25, 0.3) is 11.4 Å². The number of likely N-dealkylation sites (N-methyl/N-ethyl adjacent to an activating group) is 1. The first kappa shape index (κ1) is 22.9. The van der Waals surface area contributed by atoms with Gasteiger partial charge in [0, 0.05) is 12.1 Å². The van der Waals surface area contributed by atoms with Gasteiger partial charge in [0.2, 0.25) is 12.5 Å². The van der Waals surface area contributed by atoms with E-state index in [1.165, 1.54) is 7.11 Å². The Hall–Kier alpha value is -4.50. The van der Waals surface area contributed by atoms with Crippen LogP contribution >= 0.6 is 0 Å². The topological polar surface area (TPSA) is 99.2 Å². The Morgan fingerprint density at radius 2 is 1.59 bits per heavy atom. The van der Waals surface area contributed by atoms with Gasteiger partial charge in [0.15, 0.2) is 11.5 Å². The van der Waals surface area contributed by atoms with Crippen LogP contribution in [0.5, 0.6) is 23.1 Å². The van der Waals surface area contributed by atoms with Gasteiger partial charge in [0.1, 0.15) is 6.04 Å². The molecule has 3 aromatic carbocycles. The third-order valence-electron chi connectivity index (χ3n) is 7.08. The van der Waals surface area contributed by atoms with E-state index in [-0.39, 0.29) is 12.4 Å². The minimum absolute atomic E-state index is 0.0112. The van der Waals surface area contributed by atoms with Gasteiger partial charge in [-0.25, -0.2) is 9.36 Å². The lowest BCUT2D eigenvalue weighted by molar-refractivity contribution is -0.908. The van der Waals surface area contributed by atoms with Crippen LogP contribution in [0.15, 0.2) is 76.3 Å². The summed E-state index contributed by atoms with van der Waals surface area (Å²) in [7, 11) is 3.46. The molecule has 0 saturated carbocycles. The molecule has 0 aliphatic carbocycles. The quantitative estimate of drug-likeness (QED) is 0.449. The molecule has 1 N–H and O–H groups in total. The molecule has 0 amide bonds. The third kappa shape index (κ3) is 3.50. The number of quaternary nitrogens is 1. The van der Waals surface area contributed by atoms with E-state index in [4.69, 9.17) is 14.2 Å². The molecule has 2 unspecified atom stereocenters. The minimum atomic E-state index is -0.720. The van der Waals surface area contributed by atoms with Crippen LogP contribution in [0.3, 0.4) is 0 Å². The van der Waals surface area contributed by atoms with Crippen LogP contribution in [0.1, 0.15) is 22.7 Å². The Labute approximate surface area is 212 Å². The number of hydrogen-bond donors (Lipinski definition) is 1. The molecule has 0 saturated heterocycles. The highest BCUT2D eigenvalue weighted by Gasteiger charge is 2.40. The molecule has 9 nitrogen and oxygen atoms in total. The molecule has 9 heteroatoms. The number of rotatable bonds is 4. The standard InChI is InChI=1S/C28H25N3O6/c1-29-14-13-17-15-20-24(37-16-36-20)25(35-2)21(17)23(29)22-26(32)30(18-9-5-3-6-10-18)28(34)31(27(22)33)19-11-7-4-8-12-19/h3-12,15,23,32H,13-14,16H2,1-2H3. The van der Waals surface area contributed by atoms with Crippen molar-refractivity contribution in [2.75, 3.05) is 27.5 Å². The van der Waals surface area contributed by atoms with Gasteiger partial charge in [-0.05, 0) is 41.8 Å². The van der Waals surface area contributed by atoms with E-state index >= 15 is 0 Å². The molecule has 1 aromatic heterocycles. The number of ether oxygens (including phenoxy) is 3. The molecule has 3 heterocycles. The summed E-state index contributed by atoms with van der Waals surface area (Å²) in [5.41, 5.74) is 1.00. The van der Waals surface area contributed by atoms with Crippen molar-refractivity contribution >= 4 is 0 Å². The molecule has 0 bridgehead atoms. The summed E-state index contributed by atoms with van der Waals surface area (Å²) in [4.78, 5) is 28.8. The molecule has 4 aromatic rings. The van der Waals surface area contributed by atoms with Crippen LogP contribution in [-0.2, 0) is 6.42 Å². The van der Waals surface area contributed by atoms with Crippen LogP contribution in [0, 0.1) is 0 Å². The second-order valence-electron chi connectivity index (χ2n) is 9.14. The van der Waals surface area contributed by atoms with Crippen molar-refractivity contribution in [1.29, 1.82) is 0 Å². The summed E-state index contributed by atoms with van der Waals surface area (Å²) < 4.78 is 19.2. The zero-order chi connectivity index (χ0) is 25.7. The minimum Gasteiger partial charge on any atom is -0.859 e. The highest BCUT2D eigenvalue weighted by atomic mass is 16.7. The first-order valence-corrected chi connectivity index (χ1v) is 12.0. The highest BCUT2D eigenvalue weighted by Crippen LogP contribution is 2.48. The fourth-order valence-electron chi connectivity index (χ4n) is 5.38. The Morgan fingerprint density at radius 3 is 2.24 bits per heavy atom. The second-order valence-corrected chi connectivity index (χ2v) is 9.14. The third-order valence-corrected chi connectivity index (χ3v) is 7.08. The average Bonchev–Trinajstić information content (AvgIpc) is 3.38. The Bertz CT molecular complexity index is 1610. The number of nitrogens with one attached hydrogen (secondary N) is 1. The molecule has 2 aliphatic heterocycles. The Balaban J connectivity index is 1.71. The normalized spacial score (nSPS) is 17.9. The van der Waals surface area contributed by atoms with Crippen molar-refractivity contribution in [2.24, 2.45) is 0 Å². The van der Waals surface area contributed by atoms with Gasteiger partial charge in [0.05, 0.1) is 37.5 Å². The molecule has 188 valence electrons. The van der Waals surface area contributed by atoms with Crippen LogP contribution in [0.4, 0.5) is 0 Å². The number of hydrogen-bond acceptors (Lipinski definition) is 6. The van der Waals surface area contributed by atoms with Crippen LogP contribution < -0.4 is 35.5 Å². The predicted molar refractivity (Wildman–Crippen MR) is 133 cm³/mol. The maximum Gasteiger partial charge on any atom is 0.339 e. The van der Waals surface area contributed by atoms with E-state index in [2.05, 4.69) is 0 Å². The van der Waals surface area contributed by atoms with Gasteiger partial charge >= 0.3 is 5.69 Å². The van der Waals surface area contributed by atoms with E-state index in [1.807, 2.05) is 13.1 Å². The number of methoxy groups -OCH3 is 1. The van der Waals surface area contributed by atoms with Crippen molar-refractivity contribution < 1.29 is 24.2 Å². The number of benzene rings is 3. The van der Waals surface area contributed by atoms with Gasteiger partial charge in [-0.15, -0.1) is 0 Å². The molecule has 2 atom stereocenters. The summed E-state index contributed by atoms with van der Waals surface area (Å²) in [6.45, 7) is 0.726. The van der Waals surface area contributed by atoms with Crippen molar-refractivity contribution in [3.05, 3.63) is 104 Å². The summed E-state index contributed by atoms with van der Waals surface area (Å²) in [5.74, 6) is 0.822. The molecule has 0 spiro atoms. The summed E-state index contributed by atoms with van der Waals surface area (Å²) in [6, 6.07) is 18.5. The number of fused-ring (bicyclic) bond motifs is 2. The maximum atomic E-state index is 14.1. The molecule has 0 fully saturated rings. The fraction of sp³-hybridized carbons (Fsp3) is 0.214. The molecule has 37 heavy (non-hydrogen) atoms. The first-order valence-electron chi connectivity index (χ1n) is 12.0. The molecular weight excluding hydrogens is 474 g/mol. The lowest BCUT2D eigenvalue weighted by atomic mass is 9.87. The summed E-state index contributed by atoms with van der Waals surface area (Å²) in [6.07, 6.45) is 0.698. The van der Waals surface area contributed by atoms with Crippen molar-refractivity contribution in [1.82, 2.24) is 9.13 Å². The van der Waals surface area contributed by atoms with Gasteiger partial charge in [-0.3, -0.25) is 9.36 Å². The Morgan fingerprint density at radius 1 is 0.946 bits per heavy atom. The molecular formula is C28H25N3O6. The number of para-hydroxylation sites is 2. The lowest BCUT2D eigenvalue weighted by Crippen LogP contribution is -3.10. The molecule has 2 aliphatic rings. The Kier molecular flexibility index (Phi) is 5.49. The zero-order valence-corrected chi connectivity index (χ0v) is 20.4. The average molecular weight is 500 g/mol. The highest BCUT2D eigenvalue weighted by molar-refractivity contribution is 5.63. The summed E-state index contributed by atoms with van der Waals surface area (Å²) >= 11 is 0.